The first kappa shape index (κ1) is 39.2. The molecule has 2 heteroatoms. The number of benzene rings is 11. The Morgan fingerprint density at radius 2 is 0.687 bits per heavy atom. The van der Waals surface area contributed by atoms with Crippen LogP contribution in [0.1, 0.15) is 44.5 Å². The Morgan fingerprint density at radius 3 is 1.21 bits per heavy atom. The van der Waals surface area contributed by atoms with Crippen LogP contribution in [0.2, 0.25) is 0 Å². The van der Waals surface area contributed by atoms with Crippen LogP contribution in [0, 0.1) is 27.7 Å². The van der Waals surface area contributed by atoms with E-state index in [9.17, 15) is 0 Å². The summed E-state index contributed by atoms with van der Waals surface area (Å²) in [6.45, 7) is 8.65. The van der Waals surface area contributed by atoms with Crippen molar-refractivity contribution < 1.29 is 0 Å². The van der Waals surface area contributed by atoms with Crippen LogP contribution in [0.5, 0.6) is 0 Å². The number of anilines is 6. The van der Waals surface area contributed by atoms with Gasteiger partial charge in [-0.2, -0.15) is 0 Å². The molecule has 1 spiro atoms. The minimum Gasteiger partial charge on any atom is -0.310 e. The van der Waals surface area contributed by atoms with Crippen molar-refractivity contribution in [2.24, 2.45) is 0 Å². The zero-order chi connectivity index (χ0) is 45.0. The maximum absolute atomic E-state index is 2.54. The van der Waals surface area contributed by atoms with Crippen molar-refractivity contribution in [3.8, 4) is 22.3 Å². The average molecular weight is 857 g/mol. The van der Waals surface area contributed by atoms with Crippen LogP contribution in [-0.4, -0.2) is 0 Å². The maximum atomic E-state index is 2.54. The van der Waals surface area contributed by atoms with E-state index in [1.165, 1.54) is 99.1 Å². The fourth-order valence-corrected chi connectivity index (χ4v) is 11.7. The normalized spacial score (nSPS) is 12.9. The largest absolute Gasteiger partial charge is 0.310 e. The van der Waals surface area contributed by atoms with Gasteiger partial charge in [-0.15, -0.1) is 0 Å². The van der Waals surface area contributed by atoms with Crippen molar-refractivity contribution in [2.75, 3.05) is 9.80 Å². The van der Waals surface area contributed by atoms with Crippen molar-refractivity contribution in [1.29, 1.82) is 0 Å². The van der Waals surface area contributed by atoms with Gasteiger partial charge in [0.1, 0.15) is 0 Å². The second-order valence-corrected chi connectivity index (χ2v) is 18.7. The molecule has 0 atom stereocenters. The molecule has 0 saturated carbocycles. The Balaban J connectivity index is 1.19. The molecule has 0 saturated heterocycles. The smallest absolute Gasteiger partial charge is 0.0737 e. The highest BCUT2D eigenvalue weighted by atomic mass is 15.1. The van der Waals surface area contributed by atoms with E-state index in [0.29, 0.717) is 0 Å². The zero-order valence-corrected chi connectivity index (χ0v) is 38.2. The summed E-state index contributed by atoms with van der Waals surface area (Å²) in [6, 6.07) is 82.5. The summed E-state index contributed by atoms with van der Waals surface area (Å²) in [5, 5.41) is 7.51. The van der Waals surface area contributed by atoms with E-state index in [1.807, 2.05) is 0 Å². The van der Waals surface area contributed by atoms with Gasteiger partial charge in [0.25, 0.3) is 0 Å². The average Bonchev–Trinajstić information content (AvgIpc) is 3.84. The molecule has 11 aromatic carbocycles. The number of nitrogens with zero attached hydrogens (tertiary/aromatic N) is 2. The molecule has 0 unspecified atom stereocenters. The predicted octanol–water partition coefficient (Wildman–Crippen LogP) is 17.7. The Kier molecular flexibility index (Phi) is 8.73. The Labute approximate surface area is 392 Å². The van der Waals surface area contributed by atoms with Crippen LogP contribution in [0.4, 0.5) is 34.1 Å². The summed E-state index contributed by atoms with van der Waals surface area (Å²) < 4.78 is 0. The fraction of sp³-hybridized carbons (Fsp3) is 0.0769. The molecule has 11 aromatic rings. The summed E-state index contributed by atoms with van der Waals surface area (Å²) in [5.74, 6) is 0. The van der Waals surface area contributed by atoms with E-state index in [4.69, 9.17) is 0 Å². The van der Waals surface area contributed by atoms with Gasteiger partial charge < -0.3 is 9.80 Å². The Morgan fingerprint density at radius 1 is 0.284 bits per heavy atom. The molecule has 0 amide bonds. The first-order valence-electron chi connectivity index (χ1n) is 23.5. The van der Waals surface area contributed by atoms with E-state index < -0.39 is 5.41 Å². The lowest BCUT2D eigenvalue weighted by atomic mass is 9.68. The lowest BCUT2D eigenvalue weighted by molar-refractivity contribution is 0.809. The first-order chi connectivity index (χ1) is 32.9. The third-order valence-electron chi connectivity index (χ3n) is 14.7. The Bertz CT molecular complexity index is 3630. The van der Waals surface area contributed by atoms with Gasteiger partial charge in [0.05, 0.1) is 11.1 Å². The fourth-order valence-electron chi connectivity index (χ4n) is 11.7. The SMILES string of the molecule is Cc1ccc(N(c2ccc(C)cc2)c2ccc3c4c(c5ccccc5c3c2)-c2cc(N(c3ccc(C)cc3)c3ccc(C)cc3)c3ccccc3c2C42c3ccccc3-c3ccccc32)cc1. The highest BCUT2D eigenvalue weighted by Gasteiger charge is 2.54. The standard InChI is InChI=1S/C65H48N2/c1-41-21-29-45(30-22-41)66(46-31-23-42(2)24-32-46)49-37-38-56-57(39-49)50-13-5-7-17-54(50)62-58-40-61(67(47-33-25-43(3)26-34-47)48-35-27-44(4)28-36-48)53-16-6-8-18-55(53)63(58)65(64(56)62)59-19-11-9-14-51(59)52-15-10-12-20-60(52)65/h5-40H,1-4H3. The molecule has 0 bridgehead atoms. The van der Waals surface area contributed by atoms with Gasteiger partial charge in [-0.1, -0.05) is 174 Å². The second-order valence-electron chi connectivity index (χ2n) is 18.7. The lowest BCUT2D eigenvalue weighted by Crippen LogP contribution is -2.26. The molecule has 2 aliphatic carbocycles. The highest BCUT2D eigenvalue weighted by molar-refractivity contribution is 6.23. The van der Waals surface area contributed by atoms with E-state index in [0.717, 1.165) is 34.1 Å². The minimum atomic E-state index is -0.605. The van der Waals surface area contributed by atoms with E-state index in [-0.39, 0.29) is 0 Å². The summed E-state index contributed by atoms with van der Waals surface area (Å²) in [7, 11) is 0. The molecule has 0 heterocycles. The molecule has 0 N–H and O–H groups in total. The quantitative estimate of drug-likeness (QED) is 0.154. The van der Waals surface area contributed by atoms with Gasteiger partial charge in [-0.05, 0) is 166 Å². The molecule has 0 aromatic heterocycles. The van der Waals surface area contributed by atoms with Crippen molar-refractivity contribution in [1.82, 2.24) is 0 Å². The molecule has 0 aliphatic heterocycles. The van der Waals surface area contributed by atoms with Crippen molar-refractivity contribution in [3.05, 3.63) is 263 Å². The number of aryl methyl sites for hydroxylation is 4. The van der Waals surface area contributed by atoms with E-state index in [2.05, 4.69) is 256 Å². The summed E-state index contributed by atoms with van der Waals surface area (Å²) in [4.78, 5) is 4.89. The van der Waals surface area contributed by atoms with Crippen LogP contribution in [0.15, 0.2) is 218 Å². The molecule has 2 aliphatic rings. The van der Waals surface area contributed by atoms with Gasteiger partial charge in [0, 0.05) is 33.8 Å². The predicted molar refractivity (Wildman–Crippen MR) is 284 cm³/mol. The summed E-state index contributed by atoms with van der Waals surface area (Å²) in [5.41, 5.74) is 21.8. The Hall–Kier alpha value is -8.20. The minimum absolute atomic E-state index is 0.605. The summed E-state index contributed by atoms with van der Waals surface area (Å²) in [6.07, 6.45) is 0. The van der Waals surface area contributed by atoms with Crippen LogP contribution < -0.4 is 9.80 Å². The van der Waals surface area contributed by atoms with E-state index >= 15 is 0 Å². The second kappa shape index (κ2) is 14.9. The van der Waals surface area contributed by atoms with Crippen molar-refractivity contribution in [2.45, 2.75) is 33.1 Å². The van der Waals surface area contributed by atoms with Crippen LogP contribution in [0.25, 0.3) is 54.6 Å². The molecule has 2 nitrogen and oxygen atoms in total. The molecule has 13 rings (SSSR count). The molecular formula is C65H48N2. The number of fused-ring (bicyclic) bond motifs is 17. The number of hydrogen-bond acceptors (Lipinski definition) is 2. The topological polar surface area (TPSA) is 6.48 Å². The number of hydrogen-bond donors (Lipinski definition) is 0. The van der Waals surface area contributed by atoms with Gasteiger partial charge in [-0.25, -0.2) is 0 Å². The lowest BCUT2D eigenvalue weighted by Gasteiger charge is -2.34. The molecule has 67 heavy (non-hydrogen) atoms. The van der Waals surface area contributed by atoms with Crippen LogP contribution in [0.3, 0.4) is 0 Å². The molecule has 0 fully saturated rings. The summed E-state index contributed by atoms with van der Waals surface area (Å²) >= 11 is 0. The third kappa shape index (κ3) is 5.76. The van der Waals surface area contributed by atoms with Gasteiger partial charge in [0.15, 0.2) is 0 Å². The van der Waals surface area contributed by atoms with Gasteiger partial charge in [0.2, 0.25) is 0 Å². The molecule has 0 radical (unpaired) electrons. The van der Waals surface area contributed by atoms with Crippen molar-refractivity contribution >= 4 is 66.4 Å². The zero-order valence-electron chi connectivity index (χ0n) is 38.2. The molecular weight excluding hydrogens is 809 g/mol. The first-order valence-corrected chi connectivity index (χ1v) is 23.5. The van der Waals surface area contributed by atoms with Gasteiger partial charge in [-0.3, -0.25) is 0 Å². The monoisotopic (exact) mass is 856 g/mol. The highest BCUT2D eigenvalue weighted by Crippen LogP contribution is 2.67. The van der Waals surface area contributed by atoms with Crippen molar-refractivity contribution in [3.63, 3.8) is 0 Å². The molecule has 318 valence electrons. The number of rotatable bonds is 6. The third-order valence-corrected chi connectivity index (χ3v) is 14.7. The van der Waals surface area contributed by atoms with Crippen LogP contribution >= 0.6 is 0 Å². The maximum Gasteiger partial charge on any atom is 0.0737 e. The van der Waals surface area contributed by atoms with E-state index in [1.54, 1.807) is 0 Å². The van der Waals surface area contributed by atoms with Gasteiger partial charge >= 0.3 is 0 Å². The van der Waals surface area contributed by atoms with Crippen LogP contribution in [-0.2, 0) is 5.41 Å².